The van der Waals surface area contributed by atoms with E-state index < -0.39 is 204 Å². The summed E-state index contributed by atoms with van der Waals surface area (Å²) in [6.45, 7) is 15.3. The van der Waals surface area contributed by atoms with Gasteiger partial charge in [0.05, 0.1) is 59.5 Å². The fourth-order valence-electron chi connectivity index (χ4n) is 16.3. The molecule has 9 fully saturated rings. The third kappa shape index (κ3) is 12.8. The molecular weight excluding hydrogens is 1170 g/mol. The van der Waals surface area contributed by atoms with Crippen molar-refractivity contribution >= 4 is 10.1 Å². The Labute approximate surface area is 523 Å². The van der Waals surface area contributed by atoms with Crippen LogP contribution in [0.15, 0.2) is 11.6 Å². The summed E-state index contributed by atoms with van der Waals surface area (Å²) >= 11 is 0. The van der Waals surface area contributed by atoms with Crippen molar-refractivity contribution in [3.63, 3.8) is 0 Å². The van der Waals surface area contributed by atoms with Gasteiger partial charge in [0.25, 0.3) is 0 Å². The minimum absolute atomic E-state index is 0. The molecule has 0 spiro atoms. The number of fused-ring (bicyclic) bond motifs is 5. The molecule has 86 heavy (non-hydrogen) atoms. The number of hydrogen-bond donors (Lipinski definition) is 13. The molecule has 0 bridgehead atoms. The molecule has 13 N–H and O–H groups in total. The van der Waals surface area contributed by atoms with Crippen molar-refractivity contribution in [3.8, 4) is 0 Å². The molecule has 6 saturated heterocycles. The summed E-state index contributed by atoms with van der Waals surface area (Å²) in [5.74, 6) is -0.343. The van der Waals surface area contributed by atoms with Crippen LogP contribution < -0.4 is 29.6 Å². The molecule has 0 aromatic rings. The average Bonchev–Trinajstić information content (AvgIpc) is 1.37. The second-order valence-corrected chi connectivity index (χ2v) is 29.0. The van der Waals surface area contributed by atoms with E-state index in [0.717, 1.165) is 12.0 Å². The molecular formula is C57H93NaO27S. The first-order chi connectivity index (χ1) is 39.7. The van der Waals surface area contributed by atoms with Crippen LogP contribution in [-0.4, -0.2) is 269 Å². The van der Waals surface area contributed by atoms with E-state index in [9.17, 15) is 79.4 Å². The number of allylic oxidation sites excluding steroid dienone is 2. The molecule has 3 saturated carbocycles. The molecule has 10 rings (SSSR count). The maximum absolute atomic E-state index is 12.8. The van der Waals surface area contributed by atoms with Gasteiger partial charge in [0.2, 0.25) is 0 Å². The molecule has 36 atom stereocenters. The molecule has 27 nitrogen and oxygen atoms in total. The molecule has 29 heteroatoms. The van der Waals surface area contributed by atoms with Gasteiger partial charge in [-0.2, -0.15) is 0 Å². The number of aliphatic hydroxyl groups is 13. The summed E-state index contributed by atoms with van der Waals surface area (Å²) in [4.78, 5) is 0. The van der Waals surface area contributed by atoms with E-state index in [1.54, 1.807) is 0 Å². The zero-order chi connectivity index (χ0) is 62.1. The Bertz CT molecular complexity index is 2450. The molecule has 0 aromatic carbocycles. The van der Waals surface area contributed by atoms with Crippen LogP contribution in [0, 0.1) is 46.3 Å². The van der Waals surface area contributed by atoms with Gasteiger partial charge in [0.1, 0.15) is 104 Å². The van der Waals surface area contributed by atoms with Crippen molar-refractivity contribution < 1.29 is 161 Å². The third-order valence-corrected chi connectivity index (χ3v) is 23.1. The molecule has 4 aliphatic carbocycles. The predicted molar refractivity (Wildman–Crippen MR) is 286 cm³/mol. The molecule has 10 aliphatic rings. The maximum Gasteiger partial charge on any atom is 1.00 e. The first-order valence-corrected chi connectivity index (χ1v) is 31.8. The number of epoxide rings is 1. The summed E-state index contributed by atoms with van der Waals surface area (Å²) in [5, 5.41) is 145. The van der Waals surface area contributed by atoms with Gasteiger partial charge in [-0.1, -0.05) is 46.3 Å². The molecule has 0 radical (unpaired) electrons. The second kappa shape index (κ2) is 26.5. The standard InChI is InChI=1S/C57H94O27S.Na/c1-20(2)21(3)44-49(80-44)57(9,70)33-11-10-27-26-17-31(29-16-25(85(71,72)73)12-14-55(29,7)28(26)13-15-56(27,33)8)78-52-43(69)46(37(63)32(18-58)79-52)82-54-48(84-51-41(67)39(65)35(61)23(5)76-51)42(68)45(24(6)77-54)81-53-47(36(62)30(59)19-74-53)83-50-40(66)38(64)34(60)22(4)75-50;/h13,20-27,29-54,58-70H,10-12,14-19H2,1-9H3,(H,71,72,73);/q;+1/p-1/t21-,22?,23?,24+,25?,26?,27?,29?,30+,31-,32-,33-,34+,35+,36-,37-,38-,39-,40+,41+,42?,43?,44+,45?,46?,47?,48?,49+,50?,51?,52?,53?,54?,55+,56-,57+;/m0./s1. The van der Waals surface area contributed by atoms with Crippen molar-refractivity contribution in [2.45, 2.75) is 284 Å². The zero-order valence-corrected chi connectivity index (χ0v) is 53.3. The van der Waals surface area contributed by atoms with E-state index in [-0.39, 0.29) is 84.7 Å². The van der Waals surface area contributed by atoms with Gasteiger partial charge in [-0.05, 0) is 119 Å². The van der Waals surface area contributed by atoms with Crippen LogP contribution in [0.3, 0.4) is 0 Å². The van der Waals surface area contributed by atoms with Crippen LogP contribution in [0.25, 0.3) is 0 Å². The van der Waals surface area contributed by atoms with E-state index in [1.807, 2.05) is 6.92 Å². The average molecular weight is 1270 g/mol. The Hall–Kier alpha value is -0.310. The zero-order valence-electron chi connectivity index (χ0n) is 50.5. The van der Waals surface area contributed by atoms with Gasteiger partial charge < -0.3 is 123 Å². The summed E-state index contributed by atoms with van der Waals surface area (Å²) in [5.41, 5.74) is -1.14. The molecule has 17 unspecified atom stereocenters. The Kier molecular flexibility index (Phi) is 21.6. The second-order valence-electron chi connectivity index (χ2n) is 27.3. The smallest absolute Gasteiger partial charge is 0.748 e. The largest absolute Gasteiger partial charge is 1.00 e. The SMILES string of the molecule is CC1OC(OC2C(OC3C(O)C(O[C@H]4CC5C(=CC[C@@]6(C)C5CC[C@@H]6[C@@](C)(O)[C@@H]5O[C@@H]5[C@@H](C)C(C)C)[C@@]5(C)CCC(S(=O)(=O)[O-])CC45)O[C@@H](CO)[C@@H]3O)O[C@H](C)C(OC3OC[C@@H](O)[C@H](O)C3OC3OC(C)[C@@H](O)[C@H](O)[C@H]3O)C2O)[C@H](O)[C@@H](O)[C@@H]1O.[Na+]. The Morgan fingerprint density at radius 2 is 1.20 bits per heavy atom. The van der Waals surface area contributed by atoms with E-state index in [2.05, 4.69) is 40.7 Å². The van der Waals surface area contributed by atoms with Gasteiger partial charge in [-0.3, -0.25) is 0 Å². The first kappa shape index (κ1) is 70.0. The van der Waals surface area contributed by atoms with E-state index in [1.165, 1.54) is 20.8 Å². The Morgan fingerprint density at radius 3 is 1.78 bits per heavy atom. The monoisotopic (exact) mass is 1260 g/mol. The van der Waals surface area contributed by atoms with Gasteiger partial charge in [-0.25, -0.2) is 8.42 Å². The van der Waals surface area contributed by atoms with Crippen LogP contribution in [0.5, 0.6) is 0 Å². The maximum atomic E-state index is 12.8. The van der Waals surface area contributed by atoms with Crippen molar-refractivity contribution in [1.29, 1.82) is 0 Å². The summed E-state index contributed by atoms with van der Waals surface area (Å²) in [7, 11) is -4.78. The third-order valence-electron chi connectivity index (χ3n) is 21.9. The van der Waals surface area contributed by atoms with Gasteiger partial charge in [-0.15, -0.1) is 0 Å². The topological polar surface area (TPSA) is 425 Å². The van der Waals surface area contributed by atoms with E-state index in [0.29, 0.717) is 25.2 Å². The van der Waals surface area contributed by atoms with Crippen molar-refractivity contribution in [3.05, 3.63) is 11.6 Å². The van der Waals surface area contributed by atoms with Gasteiger partial charge in [0, 0.05) is 5.25 Å². The number of ether oxygens (including phenoxy) is 11. The fourth-order valence-corrected chi connectivity index (χ4v) is 17.1. The minimum Gasteiger partial charge on any atom is -0.748 e. The van der Waals surface area contributed by atoms with Crippen LogP contribution in [0.1, 0.15) is 107 Å². The molecule has 0 aromatic heterocycles. The number of aliphatic hydroxyl groups excluding tert-OH is 12. The van der Waals surface area contributed by atoms with Gasteiger partial charge in [0.15, 0.2) is 31.5 Å². The van der Waals surface area contributed by atoms with E-state index in [4.69, 9.17) is 52.1 Å². The van der Waals surface area contributed by atoms with Gasteiger partial charge >= 0.3 is 29.6 Å². The van der Waals surface area contributed by atoms with Crippen LogP contribution in [-0.2, 0) is 62.2 Å². The molecule has 6 heterocycles. The first-order valence-electron chi connectivity index (χ1n) is 30.4. The number of rotatable bonds is 16. The Morgan fingerprint density at radius 1 is 0.640 bits per heavy atom. The summed E-state index contributed by atoms with van der Waals surface area (Å²) < 4.78 is 106. The predicted octanol–water partition coefficient (Wildman–Crippen LogP) is -5.89. The van der Waals surface area contributed by atoms with Crippen LogP contribution in [0.4, 0.5) is 0 Å². The van der Waals surface area contributed by atoms with Crippen molar-refractivity contribution in [2.75, 3.05) is 13.2 Å². The van der Waals surface area contributed by atoms with Crippen LogP contribution in [0.2, 0.25) is 0 Å². The van der Waals surface area contributed by atoms with Crippen molar-refractivity contribution in [2.24, 2.45) is 46.3 Å². The quantitative estimate of drug-likeness (QED) is 0.0296. The van der Waals surface area contributed by atoms with E-state index >= 15 is 0 Å². The number of hydrogen-bond acceptors (Lipinski definition) is 27. The summed E-state index contributed by atoms with van der Waals surface area (Å²) in [6, 6.07) is 0. The van der Waals surface area contributed by atoms with Crippen molar-refractivity contribution in [1.82, 2.24) is 0 Å². The normalized spacial score (nSPS) is 53.5. The minimum atomic E-state index is -4.78. The molecule has 0 amide bonds. The molecule has 490 valence electrons. The molecule has 6 aliphatic heterocycles. The Balaban J connectivity index is 0.00000884. The summed E-state index contributed by atoms with van der Waals surface area (Å²) in [6.07, 6.45) is -37.3. The van der Waals surface area contributed by atoms with Crippen LogP contribution >= 0.6 is 0 Å². The fraction of sp³-hybridized carbons (Fsp3) is 0.965.